The molecule has 3 rings (SSSR count). The number of aryl methyl sites for hydroxylation is 1. The van der Waals surface area contributed by atoms with Crippen molar-refractivity contribution in [3.63, 3.8) is 0 Å². The van der Waals surface area contributed by atoms with E-state index in [0.717, 1.165) is 0 Å². The van der Waals surface area contributed by atoms with Crippen LogP contribution in [0.25, 0.3) is 11.4 Å². The van der Waals surface area contributed by atoms with Crippen LogP contribution in [0.4, 0.5) is 13.2 Å². The lowest BCUT2D eigenvalue weighted by atomic mass is 9.98. The van der Waals surface area contributed by atoms with Crippen LogP contribution >= 0.6 is 11.3 Å². The monoisotopic (exact) mass is 378 g/mol. The maximum atomic E-state index is 12.5. The summed E-state index contributed by atoms with van der Waals surface area (Å²) in [5.74, 6) is -3.18. The summed E-state index contributed by atoms with van der Waals surface area (Å²) >= 11 is 1.22. The van der Waals surface area contributed by atoms with Crippen molar-refractivity contribution in [2.75, 3.05) is 0 Å². The first-order valence-electron chi connectivity index (χ1n) is 7.17. The van der Waals surface area contributed by atoms with Crippen LogP contribution in [0.3, 0.4) is 0 Å². The fourth-order valence-electron chi connectivity index (χ4n) is 2.14. The molecule has 1 aromatic carbocycles. The number of nitriles is 1. The number of alkyl halides is 3. The standard InChI is InChI=1S/C16H9F3N4O2S/c1-8-7-26-14(21-8)11(6-20)12(24)9-2-4-10(5-3-9)13-22-15(25-23-13)16(17,18)19/h2-5,7,11H,1H3/t11-/m1/s1. The molecule has 0 aliphatic heterocycles. The molecule has 0 spiro atoms. The number of ketones is 1. The summed E-state index contributed by atoms with van der Waals surface area (Å²) in [6.45, 7) is 1.76. The Bertz CT molecular complexity index is 986. The largest absolute Gasteiger partial charge is 0.471 e. The Kier molecular flexibility index (Phi) is 4.56. The molecule has 0 unspecified atom stereocenters. The minimum absolute atomic E-state index is 0.229. The summed E-state index contributed by atoms with van der Waals surface area (Å²) in [7, 11) is 0. The van der Waals surface area contributed by atoms with Gasteiger partial charge in [0.2, 0.25) is 5.82 Å². The maximum Gasteiger partial charge on any atom is 0.471 e. The molecule has 0 aliphatic rings. The first kappa shape index (κ1) is 17.8. The number of rotatable bonds is 4. The number of carbonyl (C=O) groups is 1. The third-order valence-electron chi connectivity index (χ3n) is 3.37. The third-order valence-corrected chi connectivity index (χ3v) is 4.40. The predicted molar refractivity (Wildman–Crippen MR) is 84.3 cm³/mol. The highest BCUT2D eigenvalue weighted by Crippen LogP contribution is 2.30. The van der Waals surface area contributed by atoms with E-state index in [1.807, 2.05) is 6.07 Å². The topological polar surface area (TPSA) is 92.7 Å². The normalized spacial score (nSPS) is 12.6. The van der Waals surface area contributed by atoms with Gasteiger partial charge in [0.1, 0.15) is 5.01 Å². The number of Topliss-reactive ketones (excluding diaryl/α,β-unsaturated/α-hetero) is 1. The fourth-order valence-corrected chi connectivity index (χ4v) is 2.97. The summed E-state index contributed by atoms with van der Waals surface area (Å²) in [6.07, 6.45) is -4.73. The zero-order chi connectivity index (χ0) is 18.9. The predicted octanol–water partition coefficient (Wildman–Crippen LogP) is 4.01. The highest BCUT2D eigenvalue weighted by molar-refractivity contribution is 7.10. The minimum atomic E-state index is -4.73. The highest BCUT2D eigenvalue weighted by atomic mass is 32.1. The number of thiazole rings is 1. The van der Waals surface area contributed by atoms with Gasteiger partial charge < -0.3 is 4.52 Å². The minimum Gasteiger partial charge on any atom is -0.329 e. The molecule has 0 bridgehead atoms. The van der Waals surface area contributed by atoms with Crippen LogP contribution in [-0.4, -0.2) is 20.9 Å². The lowest BCUT2D eigenvalue weighted by Gasteiger charge is -2.05. The van der Waals surface area contributed by atoms with E-state index in [0.29, 0.717) is 10.7 Å². The zero-order valence-corrected chi connectivity index (χ0v) is 13.9. The van der Waals surface area contributed by atoms with Gasteiger partial charge in [-0.15, -0.1) is 11.3 Å². The number of hydrogen-bond acceptors (Lipinski definition) is 7. The van der Waals surface area contributed by atoms with Gasteiger partial charge in [-0.25, -0.2) is 4.98 Å². The summed E-state index contributed by atoms with van der Waals surface area (Å²) in [4.78, 5) is 19.9. The molecule has 3 aromatic rings. The van der Waals surface area contributed by atoms with E-state index in [2.05, 4.69) is 19.6 Å². The van der Waals surface area contributed by atoms with Crippen molar-refractivity contribution < 1.29 is 22.5 Å². The fraction of sp³-hybridized carbons (Fsp3) is 0.188. The Hall–Kier alpha value is -3.06. The molecule has 1 atom stereocenters. The van der Waals surface area contributed by atoms with Crippen molar-refractivity contribution in [3.05, 3.63) is 51.8 Å². The van der Waals surface area contributed by atoms with Crippen LogP contribution in [0, 0.1) is 18.3 Å². The second-order valence-corrected chi connectivity index (χ2v) is 6.14. The van der Waals surface area contributed by atoms with Crippen LogP contribution in [0.2, 0.25) is 0 Å². The van der Waals surface area contributed by atoms with Crippen molar-refractivity contribution in [1.82, 2.24) is 15.1 Å². The Morgan fingerprint density at radius 2 is 1.96 bits per heavy atom. The van der Waals surface area contributed by atoms with Gasteiger partial charge in [0.25, 0.3) is 0 Å². The first-order valence-corrected chi connectivity index (χ1v) is 8.04. The molecule has 0 saturated carbocycles. The molecule has 0 N–H and O–H groups in total. The lowest BCUT2D eigenvalue weighted by Crippen LogP contribution is -2.11. The van der Waals surface area contributed by atoms with Crippen molar-refractivity contribution in [2.45, 2.75) is 19.0 Å². The number of carbonyl (C=O) groups excluding carboxylic acids is 1. The molecule has 132 valence electrons. The van der Waals surface area contributed by atoms with Gasteiger partial charge in [-0.3, -0.25) is 4.79 Å². The molecule has 10 heteroatoms. The molecular weight excluding hydrogens is 369 g/mol. The maximum absolute atomic E-state index is 12.5. The van der Waals surface area contributed by atoms with Crippen molar-refractivity contribution in [2.24, 2.45) is 0 Å². The lowest BCUT2D eigenvalue weighted by molar-refractivity contribution is -0.159. The van der Waals surface area contributed by atoms with Crippen LogP contribution in [0.5, 0.6) is 0 Å². The van der Waals surface area contributed by atoms with E-state index in [1.165, 1.54) is 35.6 Å². The number of benzene rings is 1. The molecule has 0 radical (unpaired) electrons. The molecule has 26 heavy (non-hydrogen) atoms. The van der Waals surface area contributed by atoms with E-state index < -0.39 is 23.8 Å². The highest BCUT2D eigenvalue weighted by Gasteiger charge is 2.38. The summed E-state index contributed by atoms with van der Waals surface area (Å²) < 4.78 is 41.7. The van der Waals surface area contributed by atoms with Crippen LogP contribution in [0.15, 0.2) is 34.2 Å². The summed E-state index contributed by atoms with van der Waals surface area (Å²) in [5, 5.41) is 14.7. The smallest absolute Gasteiger partial charge is 0.329 e. The SMILES string of the molecule is Cc1csc([C@H](C#N)C(=O)c2ccc(-c3noc(C(F)(F)F)n3)cc2)n1. The van der Waals surface area contributed by atoms with E-state index in [-0.39, 0.29) is 17.0 Å². The molecule has 2 aromatic heterocycles. The molecule has 2 heterocycles. The summed E-state index contributed by atoms with van der Waals surface area (Å²) in [5.41, 5.74) is 1.19. The average Bonchev–Trinajstić information content (AvgIpc) is 3.25. The zero-order valence-electron chi connectivity index (χ0n) is 13.1. The quantitative estimate of drug-likeness (QED) is 0.637. The van der Waals surface area contributed by atoms with Crippen LogP contribution in [-0.2, 0) is 6.18 Å². The van der Waals surface area contributed by atoms with Gasteiger partial charge in [0.05, 0.1) is 6.07 Å². The van der Waals surface area contributed by atoms with E-state index in [4.69, 9.17) is 0 Å². The van der Waals surface area contributed by atoms with Crippen molar-refractivity contribution >= 4 is 17.1 Å². The molecule has 6 nitrogen and oxygen atoms in total. The number of aromatic nitrogens is 3. The van der Waals surface area contributed by atoms with Gasteiger partial charge in [-0.2, -0.15) is 23.4 Å². The van der Waals surface area contributed by atoms with Crippen LogP contribution < -0.4 is 0 Å². The van der Waals surface area contributed by atoms with Crippen molar-refractivity contribution in [1.29, 1.82) is 5.26 Å². The van der Waals surface area contributed by atoms with Crippen LogP contribution in [0.1, 0.15) is 32.9 Å². The third kappa shape index (κ3) is 3.48. The Morgan fingerprint density at radius 3 is 2.46 bits per heavy atom. The van der Waals surface area contributed by atoms with Gasteiger partial charge in [0, 0.05) is 22.2 Å². The first-order chi connectivity index (χ1) is 12.3. The summed E-state index contributed by atoms with van der Waals surface area (Å²) in [6, 6.07) is 7.50. The second-order valence-electron chi connectivity index (χ2n) is 5.25. The number of hydrogen-bond donors (Lipinski definition) is 0. The van der Waals surface area contributed by atoms with Crippen molar-refractivity contribution in [3.8, 4) is 17.5 Å². The molecule has 0 aliphatic carbocycles. The average molecular weight is 378 g/mol. The van der Waals surface area contributed by atoms with Gasteiger partial charge >= 0.3 is 12.1 Å². The van der Waals surface area contributed by atoms with Gasteiger partial charge in [-0.05, 0) is 6.92 Å². The van der Waals surface area contributed by atoms with Gasteiger partial charge in [0.15, 0.2) is 11.7 Å². The molecule has 0 saturated heterocycles. The Morgan fingerprint density at radius 1 is 1.27 bits per heavy atom. The van der Waals surface area contributed by atoms with E-state index >= 15 is 0 Å². The Labute approximate surface area is 148 Å². The van der Waals surface area contributed by atoms with E-state index in [9.17, 15) is 23.2 Å². The number of nitrogens with zero attached hydrogens (tertiary/aromatic N) is 4. The Balaban J connectivity index is 1.84. The van der Waals surface area contributed by atoms with Gasteiger partial charge in [-0.1, -0.05) is 29.4 Å². The molecule has 0 fully saturated rings. The second kappa shape index (κ2) is 6.68. The molecular formula is C16H9F3N4O2S. The number of halogens is 3. The molecule has 0 amide bonds. The van der Waals surface area contributed by atoms with E-state index in [1.54, 1.807) is 12.3 Å².